The Kier molecular flexibility index (Phi) is 6.81. The van der Waals surface area contributed by atoms with Crippen LogP contribution >= 0.6 is 23.6 Å². The molecule has 2 N–H and O–H groups in total. The number of H-pyrrole nitrogens is 1. The highest BCUT2D eigenvalue weighted by Gasteiger charge is 2.27. The van der Waals surface area contributed by atoms with Crippen LogP contribution in [0.25, 0.3) is 10.7 Å². The lowest BCUT2D eigenvalue weighted by molar-refractivity contribution is -0.118. The second-order valence-corrected chi connectivity index (χ2v) is 10.4. The van der Waals surface area contributed by atoms with Gasteiger partial charge in [0.2, 0.25) is 5.91 Å². The number of likely N-dealkylation sites (tertiary alicyclic amines) is 1. The van der Waals surface area contributed by atoms with Crippen LogP contribution in [0.4, 0.5) is 5.69 Å². The fraction of sp³-hybridized carbons (Fsp3) is 0.417. The lowest BCUT2D eigenvalue weighted by Gasteiger charge is -2.35. The second kappa shape index (κ2) is 9.61. The maximum Gasteiger partial charge on any atom is 0.253 e. The summed E-state index contributed by atoms with van der Waals surface area (Å²) in [4.78, 5) is 29.2. The molecule has 3 heterocycles. The molecule has 7 nitrogen and oxygen atoms in total. The summed E-state index contributed by atoms with van der Waals surface area (Å²) < 4.78 is 2.10. The normalized spacial score (nSPS) is 19.3. The van der Waals surface area contributed by atoms with Gasteiger partial charge in [0.05, 0.1) is 4.88 Å². The molecule has 0 radical (unpaired) electrons. The maximum absolute atomic E-state index is 13.2. The Labute approximate surface area is 202 Å². The largest absolute Gasteiger partial charge is 0.338 e. The summed E-state index contributed by atoms with van der Waals surface area (Å²) in [6.07, 6.45) is 1.14. The number of carbonyl (C=O) groups excluding carboxylic acids is 2. The van der Waals surface area contributed by atoms with Crippen molar-refractivity contribution in [3.05, 3.63) is 51.6 Å². The summed E-state index contributed by atoms with van der Waals surface area (Å²) in [6, 6.07) is 8.78. The van der Waals surface area contributed by atoms with E-state index in [1.54, 1.807) is 17.6 Å². The molecule has 2 amide bonds. The Morgan fingerprint density at radius 1 is 1.24 bits per heavy atom. The number of piperidine rings is 1. The SMILES string of the molecule is Cc1ccc(C(=O)N2CC(C)CC(C)C2)cc1NC(=O)C(C)n1c(-c2cccs2)n[nH]c1=S. The van der Waals surface area contributed by atoms with Gasteiger partial charge in [0.1, 0.15) is 6.04 Å². The van der Waals surface area contributed by atoms with Crippen LogP contribution in [-0.4, -0.2) is 44.6 Å². The first kappa shape index (κ1) is 23.4. The van der Waals surface area contributed by atoms with E-state index in [0.29, 0.717) is 33.7 Å². The first-order valence-corrected chi connectivity index (χ1v) is 12.4. The van der Waals surface area contributed by atoms with Gasteiger partial charge in [-0.1, -0.05) is 26.0 Å². The molecule has 0 saturated carbocycles. The Bertz CT molecular complexity index is 1200. The summed E-state index contributed by atoms with van der Waals surface area (Å²) in [5.41, 5.74) is 2.11. The molecule has 0 aliphatic carbocycles. The molecule has 1 fully saturated rings. The van der Waals surface area contributed by atoms with Crippen LogP contribution in [0.15, 0.2) is 35.7 Å². The number of aromatic amines is 1. The Morgan fingerprint density at radius 3 is 2.64 bits per heavy atom. The number of thiophene rings is 1. The van der Waals surface area contributed by atoms with Crippen molar-refractivity contribution in [3.63, 3.8) is 0 Å². The molecular formula is C24H29N5O2S2. The van der Waals surface area contributed by atoms with Crippen LogP contribution in [0, 0.1) is 23.5 Å². The van der Waals surface area contributed by atoms with Gasteiger partial charge < -0.3 is 10.2 Å². The average molecular weight is 484 g/mol. The van der Waals surface area contributed by atoms with E-state index in [0.717, 1.165) is 30.0 Å². The monoisotopic (exact) mass is 483 g/mol. The van der Waals surface area contributed by atoms with Crippen molar-refractivity contribution in [2.45, 2.75) is 40.2 Å². The van der Waals surface area contributed by atoms with Gasteiger partial charge in [-0.3, -0.25) is 19.3 Å². The summed E-state index contributed by atoms with van der Waals surface area (Å²) in [5.74, 6) is 1.39. The molecular weight excluding hydrogens is 454 g/mol. The van der Waals surface area contributed by atoms with Crippen LogP contribution < -0.4 is 5.32 Å². The highest BCUT2D eigenvalue weighted by molar-refractivity contribution is 7.71. The summed E-state index contributed by atoms with van der Waals surface area (Å²) in [7, 11) is 0. The molecule has 1 aliphatic heterocycles. The second-order valence-electron chi connectivity index (χ2n) is 9.05. The quantitative estimate of drug-likeness (QED) is 0.483. The molecule has 0 bridgehead atoms. The number of rotatable bonds is 5. The van der Waals surface area contributed by atoms with E-state index in [1.165, 1.54) is 11.3 Å². The molecule has 1 aliphatic rings. The number of hydrogen-bond donors (Lipinski definition) is 2. The van der Waals surface area contributed by atoms with Gasteiger partial charge >= 0.3 is 0 Å². The average Bonchev–Trinajstić information content (AvgIpc) is 3.43. The minimum Gasteiger partial charge on any atom is -0.338 e. The van der Waals surface area contributed by atoms with Crippen LogP contribution in [0.3, 0.4) is 0 Å². The number of aryl methyl sites for hydroxylation is 1. The highest BCUT2D eigenvalue weighted by atomic mass is 32.1. The van der Waals surface area contributed by atoms with E-state index >= 15 is 0 Å². The fourth-order valence-electron chi connectivity index (χ4n) is 4.50. The third-order valence-corrected chi connectivity index (χ3v) is 7.26. The van der Waals surface area contributed by atoms with Gasteiger partial charge in [0, 0.05) is 24.3 Å². The highest BCUT2D eigenvalue weighted by Crippen LogP contribution is 2.27. The minimum atomic E-state index is -0.587. The van der Waals surface area contributed by atoms with Gasteiger partial charge in [0.15, 0.2) is 10.6 Å². The van der Waals surface area contributed by atoms with Crippen molar-refractivity contribution in [2.75, 3.05) is 18.4 Å². The molecule has 2 aromatic heterocycles. The van der Waals surface area contributed by atoms with Crippen molar-refractivity contribution < 1.29 is 9.59 Å². The zero-order valence-corrected chi connectivity index (χ0v) is 20.9. The molecule has 1 saturated heterocycles. The van der Waals surface area contributed by atoms with E-state index in [9.17, 15) is 9.59 Å². The van der Waals surface area contributed by atoms with Gasteiger partial charge in [0.25, 0.3) is 5.91 Å². The topological polar surface area (TPSA) is 83.0 Å². The molecule has 174 valence electrons. The van der Waals surface area contributed by atoms with E-state index in [1.807, 2.05) is 41.5 Å². The van der Waals surface area contributed by atoms with E-state index in [4.69, 9.17) is 12.2 Å². The number of benzene rings is 1. The number of nitrogens with one attached hydrogen (secondary N) is 2. The molecule has 3 aromatic rings. The number of anilines is 1. The third-order valence-electron chi connectivity index (χ3n) is 6.11. The standard InChI is InChI=1S/C24H29N5O2S2/c1-14-10-15(2)13-28(12-14)23(31)18-8-7-16(3)19(11-18)25-22(30)17(4)29-21(26-27-24(29)32)20-6-5-9-33-20/h5-9,11,14-15,17H,10,12-13H2,1-4H3,(H,25,30)(H,27,32). The number of carbonyl (C=O) groups is 2. The molecule has 3 atom stereocenters. The predicted molar refractivity (Wildman–Crippen MR) is 134 cm³/mol. The Balaban J connectivity index is 1.55. The number of nitrogens with zero attached hydrogens (tertiary/aromatic N) is 3. The number of amides is 2. The van der Waals surface area contributed by atoms with Crippen LogP contribution in [0.5, 0.6) is 0 Å². The van der Waals surface area contributed by atoms with E-state index < -0.39 is 6.04 Å². The van der Waals surface area contributed by atoms with Crippen LogP contribution in [-0.2, 0) is 4.79 Å². The zero-order chi connectivity index (χ0) is 23.7. The predicted octanol–water partition coefficient (Wildman–Crippen LogP) is 5.30. The smallest absolute Gasteiger partial charge is 0.253 e. The van der Waals surface area contributed by atoms with Gasteiger partial charge in [-0.15, -0.1) is 11.3 Å². The third kappa shape index (κ3) is 4.94. The Hall–Kier alpha value is -2.78. The summed E-state index contributed by atoms with van der Waals surface area (Å²) in [5, 5.41) is 12.1. The Morgan fingerprint density at radius 2 is 1.97 bits per heavy atom. The van der Waals surface area contributed by atoms with Gasteiger partial charge in [-0.25, -0.2) is 0 Å². The first-order chi connectivity index (χ1) is 15.7. The molecule has 3 unspecified atom stereocenters. The number of hydrogen-bond acceptors (Lipinski definition) is 5. The van der Waals surface area contributed by atoms with E-state index in [-0.39, 0.29) is 11.8 Å². The fourth-order valence-corrected chi connectivity index (χ4v) is 5.50. The number of aromatic nitrogens is 3. The molecule has 9 heteroatoms. The lowest BCUT2D eigenvalue weighted by Crippen LogP contribution is -2.42. The van der Waals surface area contributed by atoms with Crippen LogP contribution in [0.1, 0.15) is 49.2 Å². The maximum atomic E-state index is 13.2. The van der Waals surface area contributed by atoms with Crippen molar-refractivity contribution in [1.82, 2.24) is 19.7 Å². The first-order valence-electron chi connectivity index (χ1n) is 11.2. The van der Waals surface area contributed by atoms with Gasteiger partial charge in [-0.05, 0) is 73.5 Å². The minimum absolute atomic E-state index is 0.00832. The van der Waals surface area contributed by atoms with Gasteiger partial charge in [-0.2, -0.15) is 5.10 Å². The summed E-state index contributed by atoms with van der Waals surface area (Å²) in [6.45, 7) is 9.60. The lowest BCUT2D eigenvalue weighted by atomic mass is 9.91. The molecule has 33 heavy (non-hydrogen) atoms. The van der Waals surface area contributed by atoms with Crippen molar-refractivity contribution >= 4 is 41.1 Å². The van der Waals surface area contributed by atoms with Crippen molar-refractivity contribution in [2.24, 2.45) is 11.8 Å². The zero-order valence-electron chi connectivity index (χ0n) is 19.3. The van der Waals surface area contributed by atoms with Crippen LogP contribution in [0.2, 0.25) is 0 Å². The molecule has 1 aromatic carbocycles. The molecule has 4 rings (SSSR count). The van der Waals surface area contributed by atoms with Crippen molar-refractivity contribution in [1.29, 1.82) is 0 Å². The summed E-state index contributed by atoms with van der Waals surface area (Å²) >= 11 is 6.93. The van der Waals surface area contributed by atoms with E-state index in [2.05, 4.69) is 29.4 Å². The van der Waals surface area contributed by atoms with Crippen molar-refractivity contribution in [3.8, 4) is 10.7 Å². The molecule has 0 spiro atoms.